The molecule has 2 heterocycles. The zero-order valence-corrected chi connectivity index (χ0v) is 15.1. The van der Waals surface area contributed by atoms with Crippen molar-refractivity contribution in [2.45, 2.75) is 25.8 Å². The first-order chi connectivity index (χ1) is 12.4. The molecule has 1 aliphatic carbocycles. The largest absolute Gasteiger partial charge is 0.472 e. The summed E-state index contributed by atoms with van der Waals surface area (Å²) < 4.78 is 23.5. The Bertz CT molecular complexity index is 882. The topological polar surface area (TPSA) is 166 Å². The van der Waals surface area contributed by atoms with Gasteiger partial charge in [-0.1, -0.05) is 6.92 Å². The lowest BCUT2D eigenvalue weighted by Gasteiger charge is -2.44. The van der Waals surface area contributed by atoms with Gasteiger partial charge in [0.1, 0.15) is 0 Å². The zero-order chi connectivity index (χ0) is 18.9. The number of nitrogens with two attached hydrogens (primary N) is 1. The number of nitrogens with one attached hydrogen (secondary N) is 1. The number of aromatic nitrogens is 4. The summed E-state index contributed by atoms with van der Waals surface area (Å²) in [6.07, 6.45) is 2.65. The number of hydrogen-bond donors (Lipinski definition) is 4. The minimum atomic E-state index is -4.14. The number of phosphoric acid groups is 1. The molecule has 2 aromatic rings. The Balaban J connectivity index is 1.80. The van der Waals surface area contributed by atoms with E-state index in [0.717, 1.165) is 0 Å². The number of aromatic amines is 1. The van der Waals surface area contributed by atoms with E-state index in [1.165, 1.54) is 6.33 Å². The molecule has 0 aromatic carbocycles. The van der Waals surface area contributed by atoms with Crippen molar-refractivity contribution in [3.8, 4) is 0 Å². The summed E-state index contributed by atoms with van der Waals surface area (Å²) in [5.41, 5.74) is 5.65. The van der Waals surface area contributed by atoms with Crippen molar-refractivity contribution in [1.82, 2.24) is 19.5 Å². The van der Waals surface area contributed by atoms with E-state index >= 15 is 0 Å². The van der Waals surface area contributed by atoms with Gasteiger partial charge in [-0.2, -0.15) is 4.98 Å². The SMILES string of the molecule is CCCOP(=O)(O)OC[C@H]1[C@@H](CO)C[C@H]1n1cnc2c(=O)[nH]c(N)nc21. The second kappa shape index (κ2) is 7.45. The molecular weight excluding hydrogens is 365 g/mol. The van der Waals surface area contributed by atoms with Crippen LogP contribution in [0.25, 0.3) is 11.2 Å². The molecule has 1 fully saturated rings. The molecule has 144 valence electrons. The smallest absolute Gasteiger partial charge is 0.396 e. The number of fused-ring (bicyclic) bond motifs is 1. The average Bonchev–Trinajstić information content (AvgIpc) is 2.96. The van der Waals surface area contributed by atoms with Crippen LogP contribution in [0.5, 0.6) is 0 Å². The van der Waals surface area contributed by atoms with Gasteiger partial charge in [-0.3, -0.25) is 18.8 Å². The maximum absolute atomic E-state index is 11.9. The fraction of sp³-hybridized carbons (Fsp3) is 0.643. The number of nitrogens with zero attached hydrogens (tertiary/aromatic N) is 3. The van der Waals surface area contributed by atoms with Crippen LogP contribution in [-0.2, 0) is 13.6 Å². The summed E-state index contributed by atoms with van der Waals surface area (Å²) in [5, 5.41) is 9.51. The molecule has 1 saturated carbocycles. The molecule has 0 radical (unpaired) electrons. The molecule has 26 heavy (non-hydrogen) atoms. The van der Waals surface area contributed by atoms with Gasteiger partial charge in [-0.25, -0.2) is 9.55 Å². The molecule has 11 nitrogen and oxygen atoms in total. The minimum Gasteiger partial charge on any atom is -0.396 e. The summed E-state index contributed by atoms with van der Waals surface area (Å²) in [4.78, 5) is 32.2. The maximum Gasteiger partial charge on any atom is 0.472 e. The van der Waals surface area contributed by atoms with Crippen LogP contribution in [-0.4, -0.2) is 49.3 Å². The molecule has 12 heteroatoms. The van der Waals surface area contributed by atoms with Crippen molar-refractivity contribution in [3.05, 3.63) is 16.7 Å². The zero-order valence-electron chi connectivity index (χ0n) is 14.2. The average molecular weight is 387 g/mol. The molecule has 0 amide bonds. The quantitative estimate of drug-likeness (QED) is 0.469. The van der Waals surface area contributed by atoms with Crippen molar-refractivity contribution in [2.24, 2.45) is 11.8 Å². The highest BCUT2D eigenvalue weighted by Gasteiger charge is 2.44. The first-order valence-electron chi connectivity index (χ1n) is 8.31. The van der Waals surface area contributed by atoms with Crippen LogP contribution in [0.15, 0.2) is 11.1 Å². The lowest BCUT2D eigenvalue weighted by atomic mass is 9.70. The number of nitrogen functional groups attached to an aromatic ring is 1. The third-order valence-electron chi connectivity index (χ3n) is 4.58. The molecule has 3 rings (SSSR count). The van der Waals surface area contributed by atoms with Crippen LogP contribution >= 0.6 is 7.82 Å². The standard InChI is InChI=1S/C14H22N5O6P/c1-2-3-24-26(22,23)25-6-9-8(5-20)4-10(9)19-7-16-11-12(19)17-14(15)18-13(11)21/h7-10,20H,2-6H2,1H3,(H,22,23)(H3,15,17,18,21)/t8-,9+,10-/m1/s1. The predicted molar refractivity (Wildman–Crippen MR) is 92.3 cm³/mol. The Morgan fingerprint density at radius 3 is 2.96 bits per heavy atom. The molecule has 0 spiro atoms. The van der Waals surface area contributed by atoms with Crippen LogP contribution in [0, 0.1) is 11.8 Å². The van der Waals surface area contributed by atoms with Gasteiger partial charge in [0.15, 0.2) is 11.2 Å². The van der Waals surface area contributed by atoms with Gasteiger partial charge in [-0.15, -0.1) is 0 Å². The van der Waals surface area contributed by atoms with Crippen LogP contribution in [0.1, 0.15) is 25.8 Å². The van der Waals surface area contributed by atoms with Gasteiger partial charge >= 0.3 is 7.82 Å². The summed E-state index contributed by atoms with van der Waals surface area (Å²) in [7, 11) is -4.14. The Kier molecular flexibility index (Phi) is 5.44. The molecular formula is C14H22N5O6P. The molecule has 0 bridgehead atoms. The van der Waals surface area contributed by atoms with Gasteiger partial charge in [-0.05, 0) is 18.8 Å². The monoisotopic (exact) mass is 387 g/mol. The highest BCUT2D eigenvalue weighted by Crippen LogP contribution is 2.49. The predicted octanol–water partition coefficient (Wildman–Crippen LogP) is 0.415. The van der Waals surface area contributed by atoms with Gasteiger partial charge in [0.25, 0.3) is 5.56 Å². The Hall–Kier alpha value is -1.78. The lowest BCUT2D eigenvalue weighted by molar-refractivity contribution is -0.00815. The molecule has 1 aliphatic rings. The maximum atomic E-state index is 11.9. The van der Waals surface area contributed by atoms with E-state index in [-0.39, 0.29) is 49.2 Å². The number of H-pyrrole nitrogens is 1. The summed E-state index contributed by atoms with van der Waals surface area (Å²) in [5.74, 6) is -0.392. The lowest BCUT2D eigenvalue weighted by Crippen LogP contribution is -2.43. The fourth-order valence-corrected chi connectivity index (χ4v) is 4.01. The number of aliphatic hydroxyl groups is 1. The first kappa shape index (κ1) is 19.0. The van der Waals surface area contributed by atoms with E-state index in [2.05, 4.69) is 15.0 Å². The van der Waals surface area contributed by atoms with Crippen molar-refractivity contribution in [1.29, 1.82) is 0 Å². The van der Waals surface area contributed by atoms with Crippen molar-refractivity contribution in [3.63, 3.8) is 0 Å². The normalized spacial score (nSPS) is 25.1. The molecule has 2 aromatic heterocycles. The highest BCUT2D eigenvalue weighted by atomic mass is 31.2. The number of phosphoric ester groups is 1. The first-order valence-corrected chi connectivity index (χ1v) is 9.81. The Morgan fingerprint density at radius 1 is 1.50 bits per heavy atom. The number of rotatable bonds is 8. The number of aliphatic hydroxyl groups excluding tert-OH is 1. The van der Waals surface area contributed by atoms with Crippen molar-refractivity contribution >= 4 is 24.9 Å². The van der Waals surface area contributed by atoms with Crippen LogP contribution in [0.4, 0.5) is 5.95 Å². The highest BCUT2D eigenvalue weighted by molar-refractivity contribution is 7.47. The molecule has 5 N–H and O–H groups in total. The van der Waals surface area contributed by atoms with E-state index in [1.807, 2.05) is 6.92 Å². The van der Waals surface area contributed by atoms with E-state index in [1.54, 1.807) is 4.57 Å². The van der Waals surface area contributed by atoms with Crippen LogP contribution in [0.3, 0.4) is 0 Å². The minimum absolute atomic E-state index is 0.0251. The van der Waals surface area contributed by atoms with Gasteiger partial charge in [0.05, 0.1) is 19.5 Å². The second-order valence-electron chi connectivity index (χ2n) is 6.28. The Morgan fingerprint density at radius 2 is 2.27 bits per heavy atom. The number of hydrogen-bond acceptors (Lipinski definition) is 8. The van der Waals surface area contributed by atoms with Gasteiger partial charge < -0.3 is 20.3 Å². The van der Waals surface area contributed by atoms with E-state index in [0.29, 0.717) is 18.5 Å². The third-order valence-corrected chi connectivity index (χ3v) is 5.56. The fourth-order valence-electron chi connectivity index (χ4n) is 3.16. The molecule has 4 atom stereocenters. The number of anilines is 1. The van der Waals surface area contributed by atoms with E-state index < -0.39 is 13.4 Å². The van der Waals surface area contributed by atoms with Gasteiger partial charge in [0, 0.05) is 18.6 Å². The molecule has 0 aliphatic heterocycles. The summed E-state index contributed by atoms with van der Waals surface area (Å²) in [6, 6.07) is -0.197. The van der Waals surface area contributed by atoms with Gasteiger partial charge in [0.2, 0.25) is 5.95 Å². The van der Waals surface area contributed by atoms with E-state index in [9.17, 15) is 19.4 Å². The molecule has 0 saturated heterocycles. The van der Waals surface area contributed by atoms with Crippen molar-refractivity contribution in [2.75, 3.05) is 25.6 Å². The van der Waals surface area contributed by atoms with Crippen LogP contribution in [0.2, 0.25) is 0 Å². The second-order valence-corrected chi connectivity index (χ2v) is 7.74. The van der Waals surface area contributed by atoms with Crippen molar-refractivity contribution < 1.29 is 23.6 Å². The summed E-state index contributed by atoms with van der Waals surface area (Å²) in [6.45, 7) is 1.77. The Labute approximate surface area is 148 Å². The number of imidazole rings is 1. The van der Waals surface area contributed by atoms with Crippen LogP contribution < -0.4 is 11.3 Å². The van der Waals surface area contributed by atoms with E-state index in [4.69, 9.17) is 14.8 Å². The summed E-state index contributed by atoms with van der Waals surface area (Å²) >= 11 is 0. The molecule has 1 unspecified atom stereocenters. The third kappa shape index (κ3) is 3.67.